The summed E-state index contributed by atoms with van der Waals surface area (Å²) in [6.45, 7) is 0.424. The van der Waals surface area contributed by atoms with Gasteiger partial charge in [0.05, 0.1) is 16.6 Å². The van der Waals surface area contributed by atoms with E-state index in [0.717, 1.165) is 4.90 Å². The second-order valence-electron chi connectivity index (χ2n) is 5.97. The minimum atomic E-state index is -0.490. The molecule has 0 saturated heterocycles. The third-order valence-electron chi connectivity index (χ3n) is 4.04. The van der Waals surface area contributed by atoms with Gasteiger partial charge in [-0.1, -0.05) is 11.6 Å². The van der Waals surface area contributed by atoms with Gasteiger partial charge in [-0.2, -0.15) is 10.4 Å². The number of nitriles is 1. The summed E-state index contributed by atoms with van der Waals surface area (Å²) in [6.07, 6.45) is 1.24. The number of benzene rings is 1. The number of nitrogen functional groups attached to an aromatic ring is 1. The van der Waals surface area contributed by atoms with Crippen LogP contribution in [0.1, 0.15) is 24.1 Å². The van der Waals surface area contributed by atoms with Gasteiger partial charge in [0.15, 0.2) is 5.82 Å². The molecular weight excluding hydrogens is 388 g/mol. The molecule has 3 rings (SSSR count). The van der Waals surface area contributed by atoms with E-state index in [1.807, 2.05) is 12.1 Å². The van der Waals surface area contributed by atoms with Crippen molar-refractivity contribution in [1.29, 1.82) is 5.26 Å². The van der Waals surface area contributed by atoms with Crippen LogP contribution >= 0.6 is 23.4 Å². The molecule has 2 aromatic rings. The van der Waals surface area contributed by atoms with E-state index in [4.69, 9.17) is 22.6 Å². The number of fused-ring (bicyclic) bond motifs is 1. The number of rotatable bonds is 6. The van der Waals surface area contributed by atoms with E-state index in [9.17, 15) is 9.59 Å². The standard InChI is InChI=1S/C17H17ClN6O2S/c18-9-3-4-13-12(6-9)22-17(26)14(27-13)7-15(25)21-5-1-2-11-10(8-19)16(20)24-23-11/h3-4,6,14H,1-2,5,7H2,(H,21,25)(H,22,26)(H3,20,23,24). The maximum Gasteiger partial charge on any atom is 0.238 e. The molecule has 0 fully saturated rings. The van der Waals surface area contributed by atoms with Crippen molar-refractivity contribution in [1.82, 2.24) is 15.5 Å². The van der Waals surface area contributed by atoms with Gasteiger partial charge in [-0.25, -0.2) is 0 Å². The molecular formula is C17H17ClN6O2S. The molecule has 2 heterocycles. The number of thioether (sulfide) groups is 1. The molecule has 0 spiro atoms. The fourth-order valence-electron chi connectivity index (χ4n) is 2.69. The third-order valence-corrected chi connectivity index (χ3v) is 5.55. The van der Waals surface area contributed by atoms with Gasteiger partial charge in [0.2, 0.25) is 11.8 Å². The Balaban J connectivity index is 1.46. The monoisotopic (exact) mass is 404 g/mol. The number of aromatic amines is 1. The summed E-state index contributed by atoms with van der Waals surface area (Å²) in [4.78, 5) is 25.2. The number of aryl methyl sites for hydroxylation is 1. The van der Waals surface area contributed by atoms with Crippen LogP contribution in [-0.2, 0) is 16.0 Å². The van der Waals surface area contributed by atoms with Crippen LogP contribution in [0.2, 0.25) is 5.02 Å². The minimum Gasteiger partial charge on any atom is -0.381 e. The molecule has 0 bridgehead atoms. The zero-order valence-corrected chi connectivity index (χ0v) is 15.8. The summed E-state index contributed by atoms with van der Waals surface area (Å²) in [5, 5.41) is 21.2. The number of hydrogen-bond donors (Lipinski definition) is 4. The molecule has 1 aromatic heterocycles. The zero-order chi connectivity index (χ0) is 19.4. The van der Waals surface area contributed by atoms with E-state index in [2.05, 4.69) is 20.8 Å². The number of aromatic nitrogens is 2. The molecule has 0 aliphatic carbocycles. The largest absolute Gasteiger partial charge is 0.381 e. The van der Waals surface area contributed by atoms with Gasteiger partial charge >= 0.3 is 0 Å². The van der Waals surface area contributed by atoms with Crippen LogP contribution in [0.4, 0.5) is 11.5 Å². The Kier molecular flexibility index (Phi) is 5.88. The van der Waals surface area contributed by atoms with Crippen LogP contribution in [0.15, 0.2) is 23.1 Å². The number of nitrogens with zero attached hydrogens (tertiary/aromatic N) is 2. The molecule has 140 valence electrons. The number of anilines is 2. The van der Waals surface area contributed by atoms with E-state index < -0.39 is 5.25 Å². The Morgan fingerprint density at radius 3 is 3.07 bits per heavy atom. The normalized spacial score (nSPS) is 15.6. The topological polar surface area (TPSA) is 137 Å². The summed E-state index contributed by atoms with van der Waals surface area (Å²) in [5.41, 5.74) is 7.25. The van der Waals surface area contributed by atoms with Crippen LogP contribution in [-0.4, -0.2) is 33.8 Å². The predicted molar refractivity (Wildman–Crippen MR) is 103 cm³/mol. The maximum atomic E-state index is 12.2. The van der Waals surface area contributed by atoms with Crippen LogP contribution < -0.4 is 16.4 Å². The minimum absolute atomic E-state index is 0.0824. The maximum absolute atomic E-state index is 12.2. The smallest absolute Gasteiger partial charge is 0.238 e. The third kappa shape index (κ3) is 4.53. The lowest BCUT2D eigenvalue weighted by atomic mass is 10.1. The summed E-state index contributed by atoms with van der Waals surface area (Å²) < 4.78 is 0. The molecule has 2 amide bonds. The number of amides is 2. The molecule has 1 aliphatic heterocycles. The number of nitrogens with one attached hydrogen (secondary N) is 3. The van der Waals surface area contributed by atoms with Crippen molar-refractivity contribution in [3.8, 4) is 6.07 Å². The summed E-state index contributed by atoms with van der Waals surface area (Å²) >= 11 is 7.28. The molecule has 5 N–H and O–H groups in total. The van der Waals surface area contributed by atoms with Crippen molar-refractivity contribution < 1.29 is 9.59 Å². The molecule has 1 aromatic carbocycles. The zero-order valence-electron chi connectivity index (χ0n) is 14.2. The number of nitrogens with two attached hydrogens (primary N) is 1. The molecule has 8 nitrogen and oxygen atoms in total. The molecule has 1 aliphatic rings. The van der Waals surface area contributed by atoms with Gasteiger partial charge in [0.1, 0.15) is 11.6 Å². The van der Waals surface area contributed by atoms with Crippen molar-refractivity contribution in [2.45, 2.75) is 29.4 Å². The first-order chi connectivity index (χ1) is 13.0. The molecule has 0 saturated carbocycles. The molecule has 1 atom stereocenters. The Morgan fingerprint density at radius 2 is 2.30 bits per heavy atom. The van der Waals surface area contributed by atoms with Crippen molar-refractivity contribution in [3.05, 3.63) is 34.5 Å². The van der Waals surface area contributed by atoms with Crippen LogP contribution in [0.3, 0.4) is 0 Å². The Hall–Kier alpha value is -2.70. The molecule has 0 radical (unpaired) electrons. The Labute approximate surface area is 164 Å². The van der Waals surface area contributed by atoms with Gasteiger partial charge in [-0.15, -0.1) is 11.8 Å². The first kappa shape index (κ1) is 19.1. The molecule has 1 unspecified atom stereocenters. The second kappa shape index (κ2) is 8.33. The van der Waals surface area contributed by atoms with Crippen LogP contribution in [0.5, 0.6) is 0 Å². The fraction of sp³-hybridized carbons (Fsp3) is 0.294. The lowest BCUT2D eigenvalue weighted by Gasteiger charge is -2.23. The van der Waals surface area contributed by atoms with Crippen LogP contribution in [0, 0.1) is 11.3 Å². The number of H-pyrrole nitrogens is 1. The highest BCUT2D eigenvalue weighted by molar-refractivity contribution is 8.01. The highest BCUT2D eigenvalue weighted by Gasteiger charge is 2.29. The van der Waals surface area contributed by atoms with E-state index in [-0.39, 0.29) is 24.1 Å². The van der Waals surface area contributed by atoms with Gasteiger partial charge in [-0.05, 0) is 31.0 Å². The van der Waals surface area contributed by atoms with Crippen molar-refractivity contribution >= 4 is 46.7 Å². The quantitative estimate of drug-likeness (QED) is 0.544. The van der Waals surface area contributed by atoms with Crippen LogP contribution in [0.25, 0.3) is 0 Å². The molecule has 10 heteroatoms. The highest BCUT2D eigenvalue weighted by Crippen LogP contribution is 2.38. The number of carbonyl (C=O) groups is 2. The molecule has 27 heavy (non-hydrogen) atoms. The van der Waals surface area contributed by atoms with Crippen molar-refractivity contribution in [2.75, 3.05) is 17.6 Å². The predicted octanol–water partition coefficient (Wildman–Crippen LogP) is 2.07. The SMILES string of the molecule is N#Cc1c(N)n[nH]c1CCCNC(=O)CC1Sc2ccc(Cl)cc2NC1=O. The van der Waals surface area contributed by atoms with E-state index in [1.165, 1.54) is 11.8 Å². The Bertz CT molecular complexity index is 923. The van der Waals surface area contributed by atoms with E-state index in [0.29, 0.717) is 41.4 Å². The van der Waals surface area contributed by atoms with Gasteiger partial charge in [0, 0.05) is 22.9 Å². The number of hydrogen-bond acceptors (Lipinski definition) is 6. The lowest BCUT2D eigenvalue weighted by molar-refractivity contribution is -0.124. The summed E-state index contributed by atoms with van der Waals surface area (Å²) in [5.74, 6) is -0.236. The second-order valence-corrected chi connectivity index (χ2v) is 7.65. The number of halogens is 1. The van der Waals surface area contributed by atoms with Gasteiger partial charge in [0.25, 0.3) is 0 Å². The highest BCUT2D eigenvalue weighted by atomic mass is 35.5. The first-order valence-electron chi connectivity index (χ1n) is 8.24. The Morgan fingerprint density at radius 1 is 1.48 bits per heavy atom. The summed E-state index contributed by atoms with van der Waals surface area (Å²) in [7, 11) is 0. The first-order valence-corrected chi connectivity index (χ1v) is 9.50. The lowest BCUT2D eigenvalue weighted by Crippen LogP contribution is -2.35. The number of carbonyl (C=O) groups excluding carboxylic acids is 2. The van der Waals surface area contributed by atoms with Gasteiger partial charge < -0.3 is 16.4 Å². The van der Waals surface area contributed by atoms with Crippen molar-refractivity contribution in [2.24, 2.45) is 0 Å². The van der Waals surface area contributed by atoms with Crippen molar-refractivity contribution in [3.63, 3.8) is 0 Å². The average molecular weight is 405 g/mol. The van der Waals surface area contributed by atoms with E-state index >= 15 is 0 Å². The van der Waals surface area contributed by atoms with E-state index in [1.54, 1.807) is 12.1 Å². The fourth-order valence-corrected chi connectivity index (χ4v) is 3.95. The average Bonchev–Trinajstić information content (AvgIpc) is 2.99. The summed E-state index contributed by atoms with van der Waals surface area (Å²) in [6, 6.07) is 7.27. The van der Waals surface area contributed by atoms with Gasteiger partial charge in [-0.3, -0.25) is 14.7 Å².